The maximum absolute atomic E-state index is 10.6. The van der Waals surface area contributed by atoms with Crippen molar-refractivity contribution in [1.29, 1.82) is 0 Å². The summed E-state index contributed by atoms with van der Waals surface area (Å²) in [6.07, 6.45) is 0. The average Bonchev–Trinajstić information content (AvgIpc) is 2.03. The van der Waals surface area contributed by atoms with Gasteiger partial charge >= 0.3 is 5.97 Å². The number of nitrogens with zero attached hydrogens (tertiary/aromatic N) is 1. The third-order valence-electron chi connectivity index (χ3n) is 1.40. The molecule has 0 saturated heterocycles. The summed E-state index contributed by atoms with van der Waals surface area (Å²) in [7, 11) is 0. The first-order chi connectivity index (χ1) is 6.11. The largest absolute Gasteiger partial charge is 0.397 e. The molecule has 0 radical (unpaired) electrons. The number of nitrogen functional groups attached to an aromatic ring is 1. The molecule has 0 fully saturated rings. The zero-order valence-corrected chi connectivity index (χ0v) is 7.23. The molecule has 5 heteroatoms. The zero-order valence-electron chi connectivity index (χ0n) is 7.23. The molecule has 0 aliphatic carbocycles. The lowest BCUT2D eigenvalue weighted by atomic mass is 10.3. The van der Waals surface area contributed by atoms with Crippen LogP contribution in [-0.2, 0) is 9.63 Å². The van der Waals surface area contributed by atoms with Crippen LogP contribution in [0.15, 0.2) is 24.3 Å². The fourth-order valence-electron chi connectivity index (χ4n) is 0.876. The number of hydrazine groups is 1. The molecule has 1 aromatic rings. The van der Waals surface area contributed by atoms with Gasteiger partial charge in [-0.05, 0) is 12.1 Å². The van der Waals surface area contributed by atoms with Gasteiger partial charge in [-0.15, -0.1) is 5.17 Å². The molecule has 5 nitrogen and oxygen atoms in total. The van der Waals surface area contributed by atoms with Crippen LogP contribution in [0, 0.1) is 0 Å². The minimum absolute atomic E-state index is 0.450. The predicted octanol–water partition coefficient (Wildman–Crippen LogP) is 0.427. The van der Waals surface area contributed by atoms with Crippen LogP contribution in [0.4, 0.5) is 11.4 Å². The molecule has 70 valence electrons. The van der Waals surface area contributed by atoms with Crippen molar-refractivity contribution in [2.45, 2.75) is 6.92 Å². The van der Waals surface area contributed by atoms with Gasteiger partial charge in [0.15, 0.2) is 0 Å². The van der Waals surface area contributed by atoms with Crippen LogP contribution >= 0.6 is 0 Å². The Morgan fingerprint density at radius 3 is 2.62 bits per heavy atom. The normalized spacial score (nSPS) is 9.38. The molecule has 0 amide bonds. The van der Waals surface area contributed by atoms with Gasteiger partial charge in [0.1, 0.15) is 5.69 Å². The van der Waals surface area contributed by atoms with E-state index in [1.165, 1.54) is 6.92 Å². The third-order valence-corrected chi connectivity index (χ3v) is 1.40. The molecule has 13 heavy (non-hydrogen) atoms. The van der Waals surface area contributed by atoms with E-state index in [-0.39, 0.29) is 0 Å². The van der Waals surface area contributed by atoms with Gasteiger partial charge in [-0.25, -0.2) is 10.6 Å². The summed E-state index contributed by atoms with van der Waals surface area (Å²) in [5.41, 5.74) is 6.49. The number of anilines is 2. The summed E-state index contributed by atoms with van der Waals surface area (Å²) in [5.74, 6) is 4.91. The second-order valence-electron chi connectivity index (χ2n) is 2.47. The van der Waals surface area contributed by atoms with Crippen molar-refractivity contribution in [3.63, 3.8) is 0 Å². The topological polar surface area (TPSA) is 81.6 Å². The Kier molecular flexibility index (Phi) is 2.71. The fraction of sp³-hybridized carbons (Fsp3) is 0.125. The van der Waals surface area contributed by atoms with Gasteiger partial charge in [-0.3, -0.25) is 0 Å². The number of hydrogen-bond donors (Lipinski definition) is 2. The van der Waals surface area contributed by atoms with E-state index in [2.05, 4.69) is 4.84 Å². The average molecular weight is 181 g/mol. The van der Waals surface area contributed by atoms with Crippen LogP contribution in [0.1, 0.15) is 6.92 Å². The van der Waals surface area contributed by atoms with Crippen molar-refractivity contribution in [3.05, 3.63) is 24.3 Å². The maximum Gasteiger partial charge on any atom is 0.331 e. The van der Waals surface area contributed by atoms with Crippen LogP contribution in [0.2, 0.25) is 0 Å². The Hall–Kier alpha value is -1.75. The summed E-state index contributed by atoms with van der Waals surface area (Å²) in [6.45, 7) is 1.26. The highest BCUT2D eigenvalue weighted by molar-refractivity contribution is 5.71. The van der Waals surface area contributed by atoms with Gasteiger partial charge in [0.25, 0.3) is 0 Å². The van der Waals surface area contributed by atoms with Gasteiger partial charge in [0.2, 0.25) is 0 Å². The molecule has 1 rings (SSSR count). The van der Waals surface area contributed by atoms with E-state index in [1.54, 1.807) is 24.3 Å². The zero-order chi connectivity index (χ0) is 9.84. The molecule has 1 aromatic carbocycles. The number of rotatable bonds is 2. The standard InChI is InChI=1S/C8H11N3O2/c1-6(12)13-11(10)8-5-3-2-4-7(8)9/h2-5H,9-10H2,1H3. The van der Waals surface area contributed by atoms with Crippen LogP contribution in [0.3, 0.4) is 0 Å². The molecule has 4 N–H and O–H groups in total. The number of hydrogen-bond acceptors (Lipinski definition) is 5. The molecule has 0 aliphatic heterocycles. The van der Waals surface area contributed by atoms with E-state index < -0.39 is 5.97 Å². The number of nitrogens with two attached hydrogens (primary N) is 2. The number of benzene rings is 1. The first kappa shape index (κ1) is 9.34. The summed E-state index contributed by atoms with van der Waals surface area (Å²) in [5, 5.41) is 0.845. The summed E-state index contributed by atoms with van der Waals surface area (Å²) >= 11 is 0. The smallest absolute Gasteiger partial charge is 0.331 e. The van der Waals surface area contributed by atoms with Crippen molar-refractivity contribution in [2.75, 3.05) is 10.9 Å². The Morgan fingerprint density at radius 1 is 1.46 bits per heavy atom. The van der Waals surface area contributed by atoms with Crippen LogP contribution in [0.25, 0.3) is 0 Å². The van der Waals surface area contributed by atoms with Crippen molar-refractivity contribution >= 4 is 17.3 Å². The highest BCUT2D eigenvalue weighted by Gasteiger charge is 2.07. The number of carbonyl (C=O) groups is 1. The third kappa shape index (κ3) is 2.34. The SMILES string of the molecule is CC(=O)ON(N)c1ccccc1N. The van der Waals surface area contributed by atoms with Crippen LogP contribution in [-0.4, -0.2) is 5.97 Å². The summed E-state index contributed by atoms with van der Waals surface area (Å²) in [4.78, 5) is 15.2. The Morgan fingerprint density at radius 2 is 2.08 bits per heavy atom. The summed E-state index contributed by atoms with van der Waals surface area (Å²) < 4.78 is 0. The predicted molar refractivity (Wildman–Crippen MR) is 49.3 cm³/mol. The van der Waals surface area contributed by atoms with Crippen LogP contribution in [0.5, 0.6) is 0 Å². The Labute approximate surface area is 75.8 Å². The molecule has 0 aromatic heterocycles. The first-order valence-corrected chi connectivity index (χ1v) is 3.69. The highest BCUT2D eigenvalue weighted by atomic mass is 16.7. The second kappa shape index (κ2) is 3.77. The molecule has 0 heterocycles. The lowest BCUT2D eigenvalue weighted by molar-refractivity contribution is -0.142. The minimum Gasteiger partial charge on any atom is -0.397 e. The van der Waals surface area contributed by atoms with E-state index in [4.69, 9.17) is 11.6 Å². The quantitative estimate of drug-likeness (QED) is 0.392. The second-order valence-corrected chi connectivity index (χ2v) is 2.47. The van der Waals surface area contributed by atoms with Crippen molar-refractivity contribution in [1.82, 2.24) is 0 Å². The molecule has 0 spiro atoms. The molecule has 0 saturated carbocycles. The van der Waals surface area contributed by atoms with E-state index in [1.807, 2.05) is 0 Å². The minimum atomic E-state index is -0.495. The highest BCUT2D eigenvalue weighted by Crippen LogP contribution is 2.19. The van der Waals surface area contributed by atoms with E-state index in [9.17, 15) is 4.79 Å². The molecular formula is C8H11N3O2. The summed E-state index contributed by atoms with van der Waals surface area (Å²) in [6, 6.07) is 6.83. The van der Waals surface area contributed by atoms with Crippen molar-refractivity contribution in [3.8, 4) is 0 Å². The number of carbonyl (C=O) groups excluding carboxylic acids is 1. The number of para-hydroxylation sites is 2. The van der Waals surface area contributed by atoms with Crippen molar-refractivity contribution in [2.24, 2.45) is 5.84 Å². The fourth-order valence-corrected chi connectivity index (χ4v) is 0.876. The van der Waals surface area contributed by atoms with E-state index in [0.29, 0.717) is 11.4 Å². The van der Waals surface area contributed by atoms with Gasteiger partial charge in [-0.2, -0.15) is 0 Å². The van der Waals surface area contributed by atoms with Gasteiger partial charge in [-0.1, -0.05) is 12.1 Å². The lowest BCUT2D eigenvalue weighted by Gasteiger charge is -2.17. The molecular weight excluding hydrogens is 170 g/mol. The van der Waals surface area contributed by atoms with Crippen LogP contribution < -0.4 is 16.7 Å². The first-order valence-electron chi connectivity index (χ1n) is 3.69. The van der Waals surface area contributed by atoms with Gasteiger partial charge in [0.05, 0.1) is 5.69 Å². The monoisotopic (exact) mass is 181 g/mol. The van der Waals surface area contributed by atoms with E-state index >= 15 is 0 Å². The van der Waals surface area contributed by atoms with Crippen molar-refractivity contribution < 1.29 is 9.63 Å². The molecule has 0 aliphatic rings. The van der Waals surface area contributed by atoms with Gasteiger partial charge < -0.3 is 10.6 Å². The molecule has 0 atom stereocenters. The Bertz CT molecular complexity index is 314. The maximum atomic E-state index is 10.6. The molecule has 0 unspecified atom stereocenters. The Balaban J connectivity index is 2.82. The van der Waals surface area contributed by atoms with E-state index in [0.717, 1.165) is 5.17 Å². The van der Waals surface area contributed by atoms with Gasteiger partial charge in [0, 0.05) is 6.92 Å². The molecule has 0 bridgehead atoms. The lowest BCUT2D eigenvalue weighted by Crippen LogP contribution is -2.33.